The fourth-order valence-corrected chi connectivity index (χ4v) is 2.13. The Balaban J connectivity index is 2.03. The highest BCUT2D eigenvalue weighted by molar-refractivity contribution is 7.11. The van der Waals surface area contributed by atoms with Crippen LogP contribution in [0.5, 0.6) is 5.75 Å². The molecule has 0 aliphatic carbocycles. The van der Waals surface area contributed by atoms with E-state index in [4.69, 9.17) is 10.5 Å². The second kappa shape index (κ2) is 5.68. The SMILES string of the molecule is CCOc1c(N)nsc1NCc1ccc(C)nc1. The predicted octanol–water partition coefficient (Wildman–Crippen LogP) is 2.44. The van der Waals surface area contributed by atoms with Gasteiger partial charge in [-0.1, -0.05) is 6.07 Å². The lowest BCUT2D eigenvalue weighted by atomic mass is 10.2. The summed E-state index contributed by atoms with van der Waals surface area (Å²) in [5.41, 5.74) is 7.85. The van der Waals surface area contributed by atoms with Crippen molar-refractivity contribution in [1.29, 1.82) is 0 Å². The van der Waals surface area contributed by atoms with Crippen molar-refractivity contribution in [3.05, 3.63) is 29.6 Å². The maximum atomic E-state index is 5.74. The highest BCUT2D eigenvalue weighted by Gasteiger charge is 2.12. The molecular formula is C12H16N4OS. The van der Waals surface area contributed by atoms with Crippen molar-refractivity contribution >= 4 is 22.4 Å². The van der Waals surface area contributed by atoms with E-state index in [1.165, 1.54) is 11.5 Å². The predicted molar refractivity (Wildman–Crippen MR) is 74.0 cm³/mol. The van der Waals surface area contributed by atoms with Crippen LogP contribution in [-0.4, -0.2) is 16.0 Å². The van der Waals surface area contributed by atoms with E-state index >= 15 is 0 Å². The second-order valence-corrected chi connectivity index (χ2v) is 4.59. The van der Waals surface area contributed by atoms with Gasteiger partial charge in [0.05, 0.1) is 6.61 Å². The third kappa shape index (κ3) is 2.89. The van der Waals surface area contributed by atoms with Crippen LogP contribution < -0.4 is 15.8 Å². The summed E-state index contributed by atoms with van der Waals surface area (Å²) in [6.45, 7) is 5.14. The molecular weight excluding hydrogens is 248 g/mol. The zero-order chi connectivity index (χ0) is 13.0. The van der Waals surface area contributed by atoms with Gasteiger partial charge in [-0.3, -0.25) is 4.98 Å². The number of rotatable bonds is 5. The lowest BCUT2D eigenvalue weighted by Crippen LogP contribution is -2.02. The van der Waals surface area contributed by atoms with Crippen LogP contribution in [0.3, 0.4) is 0 Å². The van der Waals surface area contributed by atoms with Crippen molar-refractivity contribution in [1.82, 2.24) is 9.36 Å². The van der Waals surface area contributed by atoms with Gasteiger partial charge in [-0.05, 0) is 37.0 Å². The summed E-state index contributed by atoms with van der Waals surface area (Å²) < 4.78 is 9.54. The number of aromatic nitrogens is 2. The van der Waals surface area contributed by atoms with Gasteiger partial charge in [-0.2, -0.15) is 4.37 Å². The van der Waals surface area contributed by atoms with Crippen molar-refractivity contribution in [2.75, 3.05) is 17.7 Å². The van der Waals surface area contributed by atoms with Gasteiger partial charge in [0.25, 0.3) is 0 Å². The number of pyridine rings is 1. The molecule has 2 rings (SSSR count). The summed E-state index contributed by atoms with van der Waals surface area (Å²) in [6, 6.07) is 4.03. The number of nitrogens with zero attached hydrogens (tertiary/aromatic N) is 2. The normalized spacial score (nSPS) is 10.3. The monoisotopic (exact) mass is 264 g/mol. The number of hydrogen-bond acceptors (Lipinski definition) is 6. The highest BCUT2D eigenvalue weighted by atomic mass is 32.1. The standard InChI is InChI=1S/C12H16N4OS/c1-3-17-10-11(13)16-18-12(10)15-7-9-5-4-8(2)14-6-9/h4-6,15H,3,7H2,1-2H3,(H2,13,16). The molecule has 3 N–H and O–H groups in total. The van der Waals surface area contributed by atoms with E-state index in [0.29, 0.717) is 24.7 Å². The third-order valence-corrected chi connectivity index (χ3v) is 3.19. The van der Waals surface area contributed by atoms with Gasteiger partial charge in [-0.15, -0.1) is 0 Å². The van der Waals surface area contributed by atoms with Crippen LogP contribution in [0.2, 0.25) is 0 Å². The Hall–Kier alpha value is -1.82. The maximum Gasteiger partial charge on any atom is 0.197 e. The lowest BCUT2D eigenvalue weighted by Gasteiger charge is -2.07. The van der Waals surface area contributed by atoms with Crippen LogP contribution in [0.4, 0.5) is 10.8 Å². The molecule has 0 saturated heterocycles. The van der Waals surface area contributed by atoms with Gasteiger partial charge in [0.1, 0.15) is 0 Å². The average molecular weight is 264 g/mol. The molecule has 0 aliphatic heterocycles. The minimum Gasteiger partial charge on any atom is -0.487 e. The second-order valence-electron chi connectivity index (χ2n) is 3.82. The van der Waals surface area contributed by atoms with Crippen molar-refractivity contribution < 1.29 is 4.74 Å². The van der Waals surface area contributed by atoms with Crippen molar-refractivity contribution in [3.8, 4) is 5.75 Å². The zero-order valence-electron chi connectivity index (χ0n) is 10.4. The van der Waals surface area contributed by atoms with Gasteiger partial charge in [0.2, 0.25) is 0 Å². The van der Waals surface area contributed by atoms with Gasteiger partial charge in [0, 0.05) is 18.4 Å². The number of anilines is 2. The largest absolute Gasteiger partial charge is 0.487 e. The summed E-state index contributed by atoms with van der Waals surface area (Å²) in [5.74, 6) is 1.08. The first-order valence-electron chi connectivity index (χ1n) is 5.74. The molecule has 2 aromatic heterocycles. The Morgan fingerprint density at radius 2 is 2.28 bits per heavy atom. The van der Waals surface area contributed by atoms with Crippen LogP contribution in [-0.2, 0) is 6.54 Å². The summed E-state index contributed by atoms with van der Waals surface area (Å²) in [4.78, 5) is 4.25. The number of ether oxygens (including phenoxy) is 1. The van der Waals surface area contributed by atoms with Gasteiger partial charge < -0.3 is 15.8 Å². The van der Waals surface area contributed by atoms with Crippen LogP contribution in [0.1, 0.15) is 18.2 Å². The van der Waals surface area contributed by atoms with Crippen LogP contribution in [0.25, 0.3) is 0 Å². The molecule has 0 unspecified atom stereocenters. The Labute approximate surface area is 110 Å². The van der Waals surface area contributed by atoms with E-state index in [9.17, 15) is 0 Å². The number of nitrogens with two attached hydrogens (primary N) is 1. The topological polar surface area (TPSA) is 73.1 Å². The van der Waals surface area contributed by atoms with E-state index in [-0.39, 0.29) is 0 Å². The third-order valence-electron chi connectivity index (χ3n) is 2.39. The molecule has 2 aromatic rings. The van der Waals surface area contributed by atoms with Crippen molar-refractivity contribution in [2.24, 2.45) is 0 Å². The zero-order valence-corrected chi connectivity index (χ0v) is 11.3. The first kappa shape index (κ1) is 12.6. The minimum absolute atomic E-state index is 0.436. The van der Waals surface area contributed by atoms with E-state index in [1.54, 1.807) is 0 Å². The summed E-state index contributed by atoms with van der Waals surface area (Å²) in [6.07, 6.45) is 1.85. The molecule has 0 radical (unpaired) electrons. The fraction of sp³-hybridized carbons (Fsp3) is 0.333. The molecule has 6 heteroatoms. The van der Waals surface area contributed by atoms with Crippen LogP contribution >= 0.6 is 11.5 Å². The molecule has 0 bridgehead atoms. The molecule has 0 aliphatic rings. The quantitative estimate of drug-likeness (QED) is 0.867. The van der Waals surface area contributed by atoms with Crippen LogP contribution in [0, 0.1) is 6.92 Å². The highest BCUT2D eigenvalue weighted by Crippen LogP contribution is 2.35. The average Bonchev–Trinajstić information content (AvgIpc) is 2.71. The molecule has 18 heavy (non-hydrogen) atoms. The van der Waals surface area contributed by atoms with Crippen molar-refractivity contribution in [3.63, 3.8) is 0 Å². The smallest absolute Gasteiger partial charge is 0.197 e. The van der Waals surface area contributed by atoms with E-state index in [0.717, 1.165) is 16.3 Å². The molecule has 96 valence electrons. The van der Waals surface area contributed by atoms with E-state index < -0.39 is 0 Å². The molecule has 2 heterocycles. The first-order valence-corrected chi connectivity index (χ1v) is 6.51. The number of nitrogen functional groups attached to an aromatic ring is 1. The van der Waals surface area contributed by atoms with Gasteiger partial charge >= 0.3 is 0 Å². The van der Waals surface area contributed by atoms with Gasteiger partial charge in [-0.25, -0.2) is 0 Å². The fourth-order valence-electron chi connectivity index (χ4n) is 1.48. The maximum absolute atomic E-state index is 5.74. The Morgan fingerprint density at radius 3 is 2.94 bits per heavy atom. The Bertz CT molecular complexity index is 509. The molecule has 0 aromatic carbocycles. The van der Waals surface area contributed by atoms with Gasteiger partial charge in [0.15, 0.2) is 16.6 Å². The lowest BCUT2D eigenvalue weighted by molar-refractivity contribution is 0.344. The number of nitrogens with one attached hydrogen (secondary N) is 1. The summed E-state index contributed by atoms with van der Waals surface area (Å²) in [7, 11) is 0. The van der Waals surface area contributed by atoms with E-state index in [2.05, 4.69) is 14.7 Å². The summed E-state index contributed by atoms with van der Waals surface area (Å²) in [5, 5.41) is 4.12. The number of aryl methyl sites for hydroxylation is 1. The Morgan fingerprint density at radius 1 is 1.44 bits per heavy atom. The van der Waals surface area contributed by atoms with Crippen LogP contribution in [0.15, 0.2) is 18.3 Å². The molecule has 0 spiro atoms. The molecule has 5 nitrogen and oxygen atoms in total. The van der Waals surface area contributed by atoms with E-state index in [1.807, 2.05) is 32.2 Å². The summed E-state index contributed by atoms with van der Waals surface area (Å²) >= 11 is 1.31. The first-order chi connectivity index (χ1) is 8.70. The molecule has 0 amide bonds. The minimum atomic E-state index is 0.436. The number of hydrogen-bond donors (Lipinski definition) is 2. The molecule has 0 saturated carbocycles. The Kier molecular flexibility index (Phi) is 3.99. The molecule has 0 atom stereocenters. The molecule has 0 fully saturated rings. The van der Waals surface area contributed by atoms with Crippen molar-refractivity contribution in [2.45, 2.75) is 20.4 Å².